The molecule has 102 valence electrons. The number of nitrogens with one attached hydrogen (secondary N) is 1. The predicted octanol–water partition coefficient (Wildman–Crippen LogP) is 3.25. The summed E-state index contributed by atoms with van der Waals surface area (Å²) in [4.78, 5) is 0. The second-order valence-electron chi connectivity index (χ2n) is 6.68. The van der Waals surface area contributed by atoms with E-state index in [-0.39, 0.29) is 17.2 Å². The van der Waals surface area contributed by atoms with Gasteiger partial charge in [-0.3, -0.25) is 0 Å². The Balaban J connectivity index is 2.07. The topological polar surface area (TPSA) is 45.0 Å². The molecule has 0 bridgehead atoms. The molecule has 0 spiro atoms. The monoisotopic (exact) mass is 258 g/mol. The standard InChI is InChI=1S/C16H22N2O/c1-15(2)9-14(10-16(3,4)18-15)19-13-7-5-12(11-17)6-8-13/h5-8,14,18H,9-10H2,1-4H3. The number of rotatable bonds is 2. The van der Waals surface area contributed by atoms with Crippen molar-refractivity contribution in [3.63, 3.8) is 0 Å². The van der Waals surface area contributed by atoms with Gasteiger partial charge in [0.2, 0.25) is 0 Å². The SMILES string of the molecule is CC1(C)CC(Oc2ccc(C#N)cc2)CC(C)(C)N1. The number of nitrogens with zero attached hydrogens (tertiary/aromatic N) is 1. The van der Waals surface area contributed by atoms with E-state index in [0.717, 1.165) is 18.6 Å². The first-order valence-corrected chi connectivity index (χ1v) is 6.76. The van der Waals surface area contributed by atoms with Gasteiger partial charge in [0.15, 0.2) is 0 Å². The molecule has 3 nitrogen and oxygen atoms in total. The molecule has 3 heteroatoms. The molecule has 1 aromatic carbocycles. The van der Waals surface area contributed by atoms with Gasteiger partial charge in [-0.1, -0.05) is 0 Å². The highest BCUT2D eigenvalue weighted by Crippen LogP contribution is 2.31. The highest BCUT2D eigenvalue weighted by Gasteiger charge is 2.38. The lowest BCUT2D eigenvalue weighted by molar-refractivity contribution is 0.0559. The van der Waals surface area contributed by atoms with Crippen LogP contribution in [0.15, 0.2) is 24.3 Å². The number of hydrogen-bond acceptors (Lipinski definition) is 3. The summed E-state index contributed by atoms with van der Waals surface area (Å²) in [6.07, 6.45) is 2.17. The highest BCUT2D eigenvalue weighted by molar-refractivity contribution is 5.34. The van der Waals surface area contributed by atoms with Crippen LogP contribution < -0.4 is 10.1 Å². The van der Waals surface area contributed by atoms with E-state index < -0.39 is 0 Å². The fraction of sp³-hybridized carbons (Fsp3) is 0.562. The van der Waals surface area contributed by atoms with E-state index in [4.69, 9.17) is 10.00 Å². The molecular weight excluding hydrogens is 236 g/mol. The van der Waals surface area contributed by atoms with E-state index in [0.29, 0.717) is 5.56 Å². The lowest BCUT2D eigenvalue weighted by Crippen LogP contribution is -2.60. The van der Waals surface area contributed by atoms with Gasteiger partial charge in [-0.2, -0.15) is 5.26 Å². The van der Waals surface area contributed by atoms with Crippen molar-refractivity contribution in [2.45, 2.75) is 57.7 Å². The van der Waals surface area contributed by atoms with Crippen molar-refractivity contribution >= 4 is 0 Å². The molecule has 0 atom stereocenters. The van der Waals surface area contributed by atoms with Crippen molar-refractivity contribution in [3.05, 3.63) is 29.8 Å². The van der Waals surface area contributed by atoms with Crippen LogP contribution in [0.25, 0.3) is 0 Å². The summed E-state index contributed by atoms with van der Waals surface area (Å²) in [7, 11) is 0. The van der Waals surface area contributed by atoms with Crippen molar-refractivity contribution in [1.29, 1.82) is 5.26 Å². The van der Waals surface area contributed by atoms with Gasteiger partial charge in [0.05, 0.1) is 11.6 Å². The Hall–Kier alpha value is -1.53. The Bertz CT molecular complexity index is 466. The fourth-order valence-electron chi connectivity index (χ4n) is 3.11. The predicted molar refractivity (Wildman–Crippen MR) is 76.1 cm³/mol. The Labute approximate surface area is 115 Å². The number of piperidine rings is 1. The minimum atomic E-state index is 0.0824. The number of benzene rings is 1. The highest BCUT2D eigenvalue weighted by atomic mass is 16.5. The Kier molecular flexibility index (Phi) is 3.56. The van der Waals surface area contributed by atoms with Crippen LogP contribution in [0.5, 0.6) is 5.75 Å². The number of nitriles is 1. The van der Waals surface area contributed by atoms with Crippen LogP contribution in [0.1, 0.15) is 46.1 Å². The largest absolute Gasteiger partial charge is 0.490 e. The number of hydrogen-bond donors (Lipinski definition) is 1. The molecule has 1 saturated heterocycles. The molecule has 1 aliphatic heterocycles. The summed E-state index contributed by atoms with van der Waals surface area (Å²) < 4.78 is 6.08. The molecule has 1 aromatic rings. The summed E-state index contributed by atoms with van der Waals surface area (Å²) in [5.74, 6) is 0.845. The van der Waals surface area contributed by atoms with Gasteiger partial charge in [-0.15, -0.1) is 0 Å². The number of ether oxygens (including phenoxy) is 1. The van der Waals surface area contributed by atoms with E-state index >= 15 is 0 Å². The van der Waals surface area contributed by atoms with E-state index in [9.17, 15) is 0 Å². The van der Waals surface area contributed by atoms with Crippen molar-refractivity contribution in [3.8, 4) is 11.8 Å². The van der Waals surface area contributed by atoms with Crippen LogP contribution in [0.2, 0.25) is 0 Å². The van der Waals surface area contributed by atoms with E-state index in [2.05, 4.69) is 39.1 Å². The summed E-state index contributed by atoms with van der Waals surface area (Å²) in [5.41, 5.74) is 0.830. The van der Waals surface area contributed by atoms with Crippen LogP contribution >= 0.6 is 0 Å². The minimum Gasteiger partial charge on any atom is -0.490 e. The first kappa shape index (κ1) is 13.9. The van der Waals surface area contributed by atoms with Crippen molar-refractivity contribution < 1.29 is 4.74 Å². The lowest BCUT2D eigenvalue weighted by atomic mass is 9.81. The molecule has 0 aromatic heterocycles. The van der Waals surface area contributed by atoms with Crippen LogP contribution in [-0.4, -0.2) is 17.2 Å². The smallest absolute Gasteiger partial charge is 0.119 e. The molecule has 0 unspecified atom stereocenters. The van der Waals surface area contributed by atoms with Crippen LogP contribution in [0.3, 0.4) is 0 Å². The second-order valence-corrected chi connectivity index (χ2v) is 6.68. The van der Waals surface area contributed by atoms with Crippen molar-refractivity contribution in [2.24, 2.45) is 0 Å². The third-order valence-electron chi connectivity index (χ3n) is 3.44. The third-order valence-corrected chi connectivity index (χ3v) is 3.44. The Morgan fingerprint density at radius 1 is 1.11 bits per heavy atom. The average Bonchev–Trinajstić information content (AvgIpc) is 2.25. The summed E-state index contributed by atoms with van der Waals surface area (Å²) in [5, 5.41) is 12.4. The maximum Gasteiger partial charge on any atom is 0.119 e. The molecule has 0 radical (unpaired) electrons. The van der Waals surface area contributed by atoms with Crippen molar-refractivity contribution in [1.82, 2.24) is 5.32 Å². The van der Waals surface area contributed by atoms with Gasteiger partial charge in [0.1, 0.15) is 11.9 Å². The average molecular weight is 258 g/mol. The molecule has 2 rings (SSSR count). The molecule has 1 heterocycles. The van der Waals surface area contributed by atoms with Crippen molar-refractivity contribution in [2.75, 3.05) is 0 Å². The maximum atomic E-state index is 8.79. The first-order valence-electron chi connectivity index (χ1n) is 6.76. The lowest BCUT2D eigenvalue weighted by Gasteiger charge is -2.46. The minimum absolute atomic E-state index is 0.0824. The van der Waals surface area contributed by atoms with Gasteiger partial charge in [0.25, 0.3) is 0 Å². The quantitative estimate of drug-likeness (QED) is 0.885. The second kappa shape index (κ2) is 4.86. The van der Waals surface area contributed by atoms with Gasteiger partial charge in [0, 0.05) is 23.9 Å². The van der Waals surface area contributed by atoms with Gasteiger partial charge in [-0.05, 0) is 52.0 Å². The first-order chi connectivity index (χ1) is 8.80. The zero-order valence-electron chi connectivity index (χ0n) is 12.2. The molecule has 0 amide bonds. The molecule has 1 aliphatic rings. The summed E-state index contributed by atoms with van der Waals surface area (Å²) >= 11 is 0. The third kappa shape index (κ3) is 3.71. The van der Waals surface area contributed by atoms with Gasteiger partial charge < -0.3 is 10.1 Å². The molecule has 0 saturated carbocycles. The molecular formula is C16H22N2O. The van der Waals surface area contributed by atoms with Crippen LogP contribution in [0, 0.1) is 11.3 Å². The molecule has 19 heavy (non-hydrogen) atoms. The van der Waals surface area contributed by atoms with Crippen LogP contribution in [0.4, 0.5) is 0 Å². The zero-order chi connectivity index (χ0) is 14.1. The zero-order valence-corrected chi connectivity index (χ0v) is 12.2. The Morgan fingerprint density at radius 3 is 2.11 bits per heavy atom. The molecule has 1 N–H and O–H groups in total. The van der Waals surface area contributed by atoms with E-state index in [1.807, 2.05) is 12.1 Å². The maximum absolute atomic E-state index is 8.79. The van der Waals surface area contributed by atoms with Gasteiger partial charge >= 0.3 is 0 Å². The summed E-state index contributed by atoms with van der Waals surface area (Å²) in [6.45, 7) is 8.85. The van der Waals surface area contributed by atoms with E-state index in [1.54, 1.807) is 12.1 Å². The van der Waals surface area contributed by atoms with Crippen LogP contribution in [-0.2, 0) is 0 Å². The summed E-state index contributed by atoms with van der Waals surface area (Å²) in [6, 6.07) is 9.47. The fourth-order valence-corrected chi connectivity index (χ4v) is 3.11. The molecule has 0 aliphatic carbocycles. The van der Waals surface area contributed by atoms with Gasteiger partial charge in [-0.25, -0.2) is 0 Å². The Morgan fingerprint density at radius 2 is 1.63 bits per heavy atom. The molecule has 1 fully saturated rings. The van der Waals surface area contributed by atoms with E-state index in [1.165, 1.54) is 0 Å². The normalized spacial score (nSPS) is 21.6.